The summed E-state index contributed by atoms with van der Waals surface area (Å²) >= 11 is 0. The lowest BCUT2D eigenvalue weighted by Crippen LogP contribution is -2.37. The molecule has 2 heterocycles. The molecule has 17 nitrogen and oxygen atoms in total. The maximum Gasteiger partial charge on any atom is 0.490 e. The zero-order valence-corrected chi connectivity index (χ0v) is 17.7. The Hall–Kier alpha value is -1.63. The number of phosphoric ester groups is 1. The van der Waals surface area contributed by atoms with E-state index in [1.165, 1.54) is 6.07 Å². The number of terminal acetylenes is 1. The van der Waals surface area contributed by atoms with Gasteiger partial charge in [0.2, 0.25) is 0 Å². The first-order valence-electron chi connectivity index (χ1n) is 7.72. The molecule has 0 radical (unpaired) electrons. The number of phosphoric acid groups is 3. The van der Waals surface area contributed by atoms with E-state index >= 15 is 0 Å². The largest absolute Gasteiger partial charge is 0.490 e. The highest BCUT2D eigenvalue weighted by Crippen LogP contribution is 2.66. The van der Waals surface area contributed by atoms with Gasteiger partial charge in [-0.05, 0) is 6.07 Å². The highest BCUT2D eigenvalue weighted by molar-refractivity contribution is 7.66. The van der Waals surface area contributed by atoms with Crippen molar-refractivity contribution in [1.29, 1.82) is 0 Å². The molecular weight excluding hydrogens is 491 g/mol. The van der Waals surface area contributed by atoms with E-state index < -0.39 is 60.3 Å². The first kappa shape index (κ1) is 25.6. The van der Waals surface area contributed by atoms with Crippen LogP contribution in [-0.4, -0.2) is 59.2 Å². The van der Waals surface area contributed by atoms with Gasteiger partial charge in [-0.2, -0.15) is 13.6 Å². The molecule has 1 aromatic heterocycles. The Kier molecular flexibility index (Phi) is 7.83. The monoisotopic (exact) mass is 507 g/mol. The summed E-state index contributed by atoms with van der Waals surface area (Å²) in [5.41, 5.74) is 4.45. The summed E-state index contributed by atoms with van der Waals surface area (Å²) in [5, 5.41) is 10.4. The number of aliphatic hydroxyl groups excluding tert-OH is 1. The summed E-state index contributed by atoms with van der Waals surface area (Å²) in [4.78, 5) is 51.0. The van der Waals surface area contributed by atoms with E-state index in [-0.39, 0.29) is 5.82 Å². The third kappa shape index (κ3) is 7.19. The number of hydrogen-bond acceptors (Lipinski definition) is 12. The smallest absolute Gasteiger partial charge is 0.438 e. The second-order valence-electron chi connectivity index (χ2n) is 5.69. The average Bonchev–Trinajstić information content (AvgIpc) is 2.87. The maximum absolute atomic E-state index is 12.0. The van der Waals surface area contributed by atoms with Crippen LogP contribution < -0.4 is 11.4 Å². The lowest BCUT2D eigenvalue weighted by molar-refractivity contribution is -0.0541. The molecule has 1 aromatic rings. The fraction of sp³-hybridized carbons (Fsp3) is 0.455. The minimum absolute atomic E-state index is 0.116. The summed E-state index contributed by atoms with van der Waals surface area (Å²) in [6.45, 7) is -0.971. The van der Waals surface area contributed by atoms with Gasteiger partial charge in [-0.25, -0.2) is 18.5 Å². The third-order valence-electron chi connectivity index (χ3n) is 3.46. The molecular formula is C11H16N3O14P3. The maximum atomic E-state index is 12.0. The van der Waals surface area contributed by atoms with Crippen molar-refractivity contribution in [3.8, 4) is 12.5 Å². The molecule has 20 heteroatoms. The first-order chi connectivity index (χ1) is 14.1. The SMILES string of the molecule is C#CO[C@H]1[C@@H](O)[C@H](n2ccc(N)nc2=O)O[C@@H]1COP(=O)(O)OP(=O)(O)OP(=O)(O)O. The number of nitrogens with two attached hydrogens (primary N) is 1. The number of nitrogens with zero attached hydrogens (tertiary/aromatic N) is 2. The van der Waals surface area contributed by atoms with Crippen LogP contribution in [0, 0.1) is 12.5 Å². The molecule has 1 saturated heterocycles. The Morgan fingerprint density at radius 2 is 1.87 bits per heavy atom. The molecule has 7 N–H and O–H groups in total. The van der Waals surface area contributed by atoms with Crippen molar-refractivity contribution in [3.05, 3.63) is 22.7 Å². The molecule has 174 valence electrons. The van der Waals surface area contributed by atoms with Crippen LogP contribution in [0.1, 0.15) is 6.23 Å². The zero-order valence-electron chi connectivity index (χ0n) is 15.0. The van der Waals surface area contributed by atoms with E-state index in [4.69, 9.17) is 36.3 Å². The van der Waals surface area contributed by atoms with Crippen molar-refractivity contribution >= 4 is 29.3 Å². The number of hydrogen-bond donors (Lipinski definition) is 6. The predicted molar refractivity (Wildman–Crippen MR) is 96.3 cm³/mol. The van der Waals surface area contributed by atoms with Crippen LogP contribution >= 0.6 is 23.5 Å². The number of nitrogen functional groups attached to an aromatic ring is 1. The zero-order chi connectivity index (χ0) is 23.6. The summed E-state index contributed by atoms with van der Waals surface area (Å²) < 4.78 is 56.4. The van der Waals surface area contributed by atoms with Crippen molar-refractivity contribution in [2.24, 2.45) is 0 Å². The van der Waals surface area contributed by atoms with Gasteiger partial charge in [0.15, 0.2) is 12.3 Å². The van der Waals surface area contributed by atoms with Gasteiger partial charge in [0.05, 0.1) is 6.61 Å². The fourth-order valence-corrected chi connectivity index (χ4v) is 5.43. The summed E-state index contributed by atoms with van der Waals surface area (Å²) in [7, 11) is -16.8. The third-order valence-corrected chi connectivity index (χ3v) is 7.26. The van der Waals surface area contributed by atoms with Crippen LogP contribution in [0.15, 0.2) is 17.1 Å². The molecule has 0 bridgehead atoms. The van der Waals surface area contributed by atoms with Gasteiger partial charge < -0.3 is 39.9 Å². The highest BCUT2D eigenvalue weighted by atomic mass is 31.3. The number of aliphatic hydroxyl groups is 1. The number of anilines is 1. The minimum atomic E-state index is -5.73. The van der Waals surface area contributed by atoms with Crippen LogP contribution in [-0.2, 0) is 36.3 Å². The van der Waals surface area contributed by atoms with Crippen LogP contribution in [0.2, 0.25) is 0 Å². The van der Waals surface area contributed by atoms with E-state index in [1.807, 2.05) is 0 Å². The van der Waals surface area contributed by atoms with E-state index in [0.717, 1.165) is 10.8 Å². The minimum Gasteiger partial charge on any atom is -0.438 e. The Bertz CT molecular complexity index is 1050. The fourth-order valence-electron chi connectivity index (χ4n) is 2.40. The summed E-state index contributed by atoms with van der Waals surface area (Å²) in [5.74, 6) is -0.116. The van der Waals surface area contributed by atoms with Gasteiger partial charge >= 0.3 is 29.2 Å². The molecule has 31 heavy (non-hydrogen) atoms. The van der Waals surface area contributed by atoms with Gasteiger partial charge in [-0.15, -0.1) is 0 Å². The van der Waals surface area contributed by atoms with Crippen molar-refractivity contribution < 1.29 is 61.0 Å². The molecule has 0 amide bonds. The number of ether oxygens (including phenoxy) is 2. The molecule has 2 unspecified atom stereocenters. The van der Waals surface area contributed by atoms with Crippen molar-refractivity contribution in [2.45, 2.75) is 24.5 Å². The Morgan fingerprint density at radius 1 is 1.23 bits per heavy atom. The first-order valence-corrected chi connectivity index (χ1v) is 12.2. The molecule has 1 aliphatic heterocycles. The molecule has 0 saturated carbocycles. The standard InChI is InChI=1S/C11H16N3O14P3/c1-2-24-9-6(5-25-30(20,21)28-31(22,23)27-29(17,18)19)26-10(8(9)15)14-4-3-7(12)13-11(14)16/h1,3-4,6,8-10,15H,5H2,(H,20,21)(H,22,23)(H2,12,13,16)(H2,17,18,19)/t6-,8-,9-,10-/m1/s1. The molecule has 0 spiro atoms. The quantitative estimate of drug-likeness (QED) is 0.162. The van der Waals surface area contributed by atoms with Gasteiger partial charge in [0, 0.05) is 6.20 Å². The molecule has 0 aromatic carbocycles. The van der Waals surface area contributed by atoms with E-state index in [0.29, 0.717) is 0 Å². The van der Waals surface area contributed by atoms with Crippen LogP contribution in [0.3, 0.4) is 0 Å². The van der Waals surface area contributed by atoms with Gasteiger partial charge in [0.1, 0.15) is 24.1 Å². The second kappa shape index (κ2) is 9.47. The van der Waals surface area contributed by atoms with E-state index in [9.17, 15) is 28.5 Å². The Balaban J connectivity index is 2.14. The topological polar surface area (TPSA) is 259 Å². The molecule has 1 fully saturated rings. The normalized spacial score (nSPS) is 27.7. The summed E-state index contributed by atoms with van der Waals surface area (Å²) in [6, 6.07) is 1.22. The number of aromatic nitrogens is 2. The highest BCUT2D eigenvalue weighted by Gasteiger charge is 2.48. The Morgan fingerprint density at radius 3 is 2.42 bits per heavy atom. The van der Waals surface area contributed by atoms with E-state index in [1.54, 1.807) is 6.11 Å². The average molecular weight is 507 g/mol. The molecule has 6 atom stereocenters. The lowest BCUT2D eigenvalue weighted by Gasteiger charge is -2.20. The summed E-state index contributed by atoms with van der Waals surface area (Å²) in [6.07, 6.45) is 1.98. The predicted octanol–water partition coefficient (Wildman–Crippen LogP) is -1.60. The molecule has 1 aliphatic rings. The van der Waals surface area contributed by atoms with Gasteiger partial charge in [-0.1, -0.05) is 6.42 Å². The number of rotatable bonds is 9. The molecule has 2 rings (SSSR count). The van der Waals surface area contributed by atoms with Crippen LogP contribution in [0.25, 0.3) is 0 Å². The van der Waals surface area contributed by atoms with Gasteiger partial charge in [-0.3, -0.25) is 9.09 Å². The van der Waals surface area contributed by atoms with Gasteiger partial charge in [0.25, 0.3) is 0 Å². The van der Waals surface area contributed by atoms with Crippen molar-refractivity contribution in [3.63, 3.8) is 0 Å². The van der Waals surface area contributed by atoms with Crippen molar-refractivity contribution in [1.82, 2.24) is 9.55 Å². The second-order valence-corrected chi connectivity index (χ2v) is 10.1. The lowest BCUT2D eigenvalue weighted by atomic mass is 10.1. The van der Waals surface area contributed by atoms with Crippen LogP contribution in [0.4, 0.5) is 5.82 Å². The molecule has 0 aliphatic carbocycles. The van der Waals surface area contributed by atoms with E-state index in [2.05, 4.69) is 18.1 Å². The Labute approximate surface area is 172 Å². The van der Waals surface area contributed by atoms with Crippen molar-refractivity contribution in [2.75, 3.05) is 12.3 Å². The van der Waals surface area contributed by atoms with Crippen LogP contribution in [0.5, 0.6) is 0 Å².